The van der Waals surface area contributed by atoms with E-state index in [1.807, 2.05) is 25.8 Å². The number of hydrogen-bond donors (Lipinski definition) is 4. The molecule has 4 rings (SSSR count). The fraction of sp³-hybridized carbons (Fsp3) is 0.889. The van der Waals surface area contributed by atoms with Crippen LogP contribution in [-0.4, -0.2) is 128 Å². The van der Waals surface area contributed by atoms with E-state index in [0.717, 1.165) is 19.4 Å². The van der Waals surface area contributed by atoms with E-state index in [4.69, 9.17) is 11.5 Å². The van der Waals surface area contributed by atoms with E-state index < -0.39 is 42.6 Å². The summed E-state index contributed by atoms with van der Waals surface area (Å²) in [4.78, 5) is 37.2. The van der Waals surface area contributed by atoms with Crippen LogP contribution in [0, 0.1) is 17.8 Å². The van der Waals surface area contributed by atoms with Gasteiger partial charge in [-0.25, -0.2) is 8.78 Å². The van der Waals surface area contributed by atoms with Gasteiger partial charge in [-0.2, -0.15) is 0 Å². The molecule has 39 heavy (non-hydrogen) atoms. The fourth-order valence-corrected chi connectivity index (χ4v) is 6.84. The molecular formula is C27H48F2N8O2. The molecule has 0 aromatic heterocycles. The maximum atomic E-state index is 15.4. The summed E-state index contributed by atoms with van der Waals surface area (Å²) in [5.41, 5.74) is 12.2. The van der Waals surface area contributed by atoms with Gasteiger partial charge in [-0.15, -0.1) is 0 Å². The van der Waals surface area contributed by atoms with Gasteiger partial charge in [-0.1, -0.05) is 13.8 Å². The van der Waals surface area contributed by atoms with Crippen molar-refractivity contribution in [1.82, 2.24) is 25.3 Å². The third-order valence-corrected chi connectivity index (χ3v) is 9.51. The number of aliphatic imine (C=N–C) groups is 1. The molecule has 0 bridgehead atoms. The fourth-order valence-electron chi connectivity index (χ4n) is 6.84. The number of halogens is 2. The number of nitrogens with zero attached hydrogens (tertiary/aromatic N) is 4. The zero-order valence-electron chi connectivity index (χ0n) is 23.6. The molecule has 0 radical (unpaired) electrons. The number of carbonyl (C=O) groups is 2. The van der Waals surface area contributed by atoms with Crippen molar-refractivity contribution >= 4 is 18.0 Å². The summed E-state index contributed by atoms with van der Waals surface area (Å²) in [6, 6.07) is -1.69. The van der Waals surface area contributed by atoms with Gasteiger partial charge in [0.05, 0.1) is 36.3 Å². The minimum atomic E-state index is -1.19. The van der Waals surface area contributed by atoms with Crippen LogP contribution in [0.15, 0.2) is 4.99 Å². The van der Waals surface area contributed by atoms with Crippen molar-refractivity contribution in [3.05, 3.63) is 0 Å². The highest BCUT2D eigenvalue weighted by Crippen LogP contribution is 2.31. The largest absolute Gasteiger partial charge is 0.350 e. The molecular weight excluding hydrogens is 506 g/mol. The van der Waals surface area contributed by atoms with Crippen molar-refractivity contribution in [1.29, 1.82) is 0 Å². The molecule has 3 fully saturated rings. The number of alkyl halides is 2. The molecule has 0 aliphatic carbocycles. The number of amides is 2. The lowest BCUT2D eigenvalue weighted by Gasteiger charge is -2.46. The number of rotatable bonds is 6. The Kier molecular flexibility index (Phi) is 10.3. The minimum Gasteiger partial charge on any atom is -0.350 e. The normalized spacial score (nSPS) is 38.7. The number of nitrogens with two attached hydrogens (primary N) is 2. The van der Waals surface area contributed by atoms with E-state index in [9.17, 15) is 14.0 Å². The van der Waals surface area contributed by atoms with Crippen LogP contribution >= 0.6 is 0 Å². The molecule has 2 amide bonds. The first-order valence-electron chi connectivity index (χ1n) is 14.6. The molecule has 222 valence electrons. The van der Waals surface area contributed by atoms with Gasteiger partial charge < -0.3 is 27.0 Å². The van der Waals surface area contributed by atoms with E-state index in [1.54, 1.807) is 0 Å². The lowest BCUT2D eigenvalue weighted by molar-refractivity contribution is -0.138. The first-order chi connectivity index (χ1) is 18.6. The predicted molar refractivity (Wildman–Crippen MR) is 148 cm³/mol. The van der Waals surface area contributed by atoms with Gasteiger partial charge in [-0.3, -0.25) is 24.4 Å². The second-order valence-electron chi connectivity index (χ2n) is 12.1. The maximum Gasteiger partial charge on any atom is 0.240 e. The summed E-state index contributed by atoms with van der Waals surface area (Å²) in [7, 11) is 1.99. The third kappa shape index (κ3) is 6.95. The average Bonchev–Trinajstić information content (AvgIpc) is 3.33. The Balaban J connectivity index is 1.44. The highest BCUT2D eigenvalue weighted by molar-refractivity contribution is 5.82. The Morgan fingerprint density at radius 3 is 2.41 bits per heavy atom. The lowest BCUT2D eigenvalue weighted by Crippen LogP contribution is -2.68. The van der Waals surface area contributed by atoms with Crippen LogP contribution in [0.3, 0.4) is 0 Å². The highest BCUT2D eigenvalue weighted by Gasteiger charge is 2.44. The Morgan fingerprint density at radius 2 is 1.77 bits per heavy atom. The Hall–Kier alpha value is -1.73. The van der Waals surface area contributed by atoms with Crippen LogP contribution in [0.2, 0.25) is 0 Å². The summed E-state index contributed by atoms with van der Waals surface area (Å²) in [5, 5.41) is 6.13. The van der Waals surface area contributed by atoms with Gasteiger partial charge in [-0.05, 0) is 51.1 Å². The lowest BCUT2D eigenvalue weighted by atomic mass is 9.77. The Morgan fingerprint density at radius 1 is 1.05 bits per heavy atom. The Bertz CT molecular complexity index is 871. The summed E-state index contributed by atoms with van der Waals surface area (Å²) in [5.74, 6) is -0.992. The molecule has 4 aliphatic heterocycles. The summed E-state index contributed by atoms with van der Waals surface area (Å²) < 4.78 is 29.6. The number of likely N-dealkylation sites (N-methyl/N-ethyl adjacent to an activating group) is 1. The summed E-state index contributed by atoms with van der Waals surface area (Å²) >= 11 is 0. The van der Waals surface area contributed by atoms with E-state index in [-0.39, 0.29) is 36.2 Å². The Labute approximate surface area is 231 Å². The van der Waals surface area contributed by atoms with Gasteiger partial charge in [0.1, 0.15) is 12.3 Å². The van der Waals surface area contributed by atoms with E-state index in [2.05, 4.69) is 25.4 Å². The molecule has 3 saturated heterocycles. The smallest absolute Gasteiger partial charge is 0.240 e. The van der Waals surface area contributed by atoms with E-state index >= 15 is 4.39 Å². The second-order valence-corrected chi connectivity index (χ2v) is 12.1. The quantitative estimate of drug-likeness (QED) is 0.332. The van der Waals surface area contributed by atoms with Crippen LogP contribution < -0.4 is 22.1 Å². The predicted octanol–water partition coefficient (Wildman–Crippen LogP) is -0.277. The second kappa shape index (κ2) is 13.3. The SMILES string of the molecule is CC1CCC(F)/C=N\C(C(C(=O)NC2CNCC(F)C2N2CCN(C(=O)[C@@H]3CCCN3C)CC2)C(N)N)C1C. The van der Waals surface area contributed by atoms with Crippen molar-refractivity contribution in [3.63, 3.8) is 0 Å². The number of carbonyl (C=O) groups excluding carboxylic acids is 2. The highest BCUT2D eigenvalue weighted by atomic mass is 19.1. The molecule has 0 aromatic carbocycles. The standard InChI is InChI=1S/C27H48F2N8O2/c1-16-6-7-18(28)13-33-23(17(16)2)22(25(30)31)26(38)34-20-15-32-14-19(29)24(20)36-9-11-37(12-10-36)27(39)21-5-4-8-35(21)3/h13,16-25,32H,4-12,14-15,30-31H2,1-3H3,(H,34,38)/b33-13-/t16?,17?,18?,19?,20?,21-,22?,23?,24?/m0/s1. The molecule has 0 saturated carbocycles. The monoisotopic (exact) mass is 554 g/mol. The first kappa shape index (κ1) is 30.2. The number of likely N-dealkylation sites (tertiary alicyclic amines) is 1. The van der Waals surface area contributed by atoms with Crippen LogP contribution in [0.4, 0.5) is 8.78 Å². The van der Waals surface area contributed by atoms with Gasteiger partial charge >= 0.3 is 0 Å². The number of nitrogens with one attached hydrogen (secondary N) is 2. The molecule has 10 nitrogen and oxygen atoms in total. The zero-order valence-corrected chi connectivity index (χ0v) is 23.6. The van der Waals surface area contributed by atoms with Crippen molar-refractivity contribution in [2.45, 2.75) is 82.2 Å². The van der Waals surface area contributed by atoms with E-state index in [1.165, 1.54) is 6.21 Å². The number of hydrogen-bond acceptors (Lipinski definition) is 8. The van der Waals surface area contributed by atoms with Crippen LogP contribution in [0.1, 0.15) is 39.5 Å². The third-order valence-electron chi connectivity index (χ3n) is 9.51. The first-order valence-corrected chi connectivity index (χ1v) is 14.6. The average molecular weight is 555 g/mol. The van der Waals surface area contributed by atoms with Crippen LogP contribution in [0.25, 0.3) is 0 Å². The molecule has 4 heterocycles. The molecule has 8 unspecified atom stereocenters. The summed E-state index contributed by atoms with van der Waals surface area (Å²) in [6.07, 6.45) is 0.907. The van der Waals surface area contributed by atoms with Crippen LogP contribution in [0.5, 0.6) is 0 Å². The van der Waals surface area contributed by atoms with Gasteiger partial charge in [0.15, 0.2) is 0 Å². The van der Waals surface area contributed by atoms with Crippen molar-refractivity contribution in [2.75, 3.05) is 52.9 Å². The molecule has 0 spiro atoms. The maximum absolute atomic E-state index is 15.4. The van der Waals surface area contributed by atoms with Crippen molar-refractivity contribution in [3.8, 4) is 0 Å². The van der Waals surface area contributed by atoms with Gasteiger partial charge in [0.2, 0.25) is 11.8 Å². The molecule has 4 aliphatic rings. The molecule has 6 N–H and O–H groups in total. The van der Waals surface area contributed by atoms with Gasteiger partial charge in [0, 0.05) is 45.5 Å². The summed E-state index contributed by atoms with van der Waals surface area (Å²) in [6.45, 7) is 7.72. The number of piperidine rings is 1. The van der Waals surface area contributed by atoms with Crippen LogP contribution in [-0.2, 0) is 9.59 Å². The zero-order chi connectivity index (χ0) is 28.3. The van der Waals surface area contributed by atoms with Gasteiger partial charge in [0.25, 0.3) is 0 Å². The van der Waals surface area contributed by atoms with Crippen molar-refractivity contribution < 1.29 is 18.4 Å². The molecule has 12 heteroatoms. The topological polar surface area (TPSA) is 132 Å². The van der Waals surface area contributed by atoms with Crippen molar-refractivity contribution in [2.24, 2.45) is 34.2 Å². The molecule has 9 atom stereocenters. The minimum absolute atomic E-state index is 0.0298. The number of piperazine rings is 1. The molecule has 0 aromatic rings. The van der Waals surface area contributed by atoms with E-state index in [0.29, 0.717) is 45.6 Å².